The Hall–Kier alpha value is -2.12. The van der Waals surface area contributed by atoms with Crippen molar-refractivity contribution >= 4 is 22.3 Å². The number of hydrogen-bond donors (Lipinski definition) is 2. The number of rotatable bonds is 5. The molecule has 3 heterocycles. The minimum atomic E-state index is -0.194. The molecule has 2 N–H and O–H groups in total. The lowest BCUT2D eigenvalue weighted by atomic mass is 9.74. The second kappa shape index (κ2) is 9.79. The van der Waals surface area contributed by atoms with Crippen LogP contribution in [0.2, 0.25) is 0 Å². The molecule has 2 saturated heterocycles. The molecule has 0 amide bonds. The summed E-state index contributed by atoms with van der Waals surface area (Å²) in [4.78, 5) is 6.93. The number of hydrogen-bond acceptors (Lipinski definition) is 4. The summed E-state index contributed by atoms with van der Waals surface area (Å²) in [7, 11) is 1.82. The summed E-state index contributed by atoms with van der Waals surface area (Å²) >= 11 is 1.81. The van der Waals surface area contributed by atoms with E-state index in [0.717, 1.165) is 64.5 Å². The second-order valence-corrected chi connectivity index (χ2v) is 9.11. The van der Waals surface area contributed by atoms with Crippen LogP contribution in [-0.4, -0.2) is 51.9 Å². The number of thiophene rings is 1. The summed E-state index contributed by atoms with van der Waals surface area (Å²) in [5, 5.41) is 10.7. The van der Waals surface area contributed by atoms with Gasteiger partial charge in [0.1, 0.15) is 5.82 Å². The van der Waals surface area contributed by atoms with Crippen molar-refractivity contribution in [3.8, 4) is 0 Å². The third-order valence-electron chi connectivity index (χ3n) is 6.38. The zero-order chi connectivity index (χ0) is 20.8. The fourth-order valence-corrected chi connectivity index (χ4v) is 5.25. The molecule has 1 aromatic carbocycles. The summed E-state index contributed by atoms with van der Waals surface area (Å²) in [5.41, 5.74) is 1.10. The maximum atomic E-state index is 13.5. The van der Waals surface area contributed by atoms with Crippen molar-refractivity contribution in [2.24, 2.45) is 4.99 Å². The first-order valence-corrected chi connectivity index (χ1v) is 11.7. The van der Waals surface area contributed by atoms with Crippen molar-refractivity contribution in [3.63, 3.8) is 0 Å². The molecule has 0 atom stereocenters. The van der Waals surface area contributed by atoms with Gasteiger partial charge in [-0.15, -0.1) is 11.3 Å². The molecule has 2 aliphatic rings. The van der Waals surface area contributed by atoms with Crippen LogP contribution >= 0.6 is 11.3 Å². The number of piperidine rings is 1. The van der Waals surface area contributed by atoms with Crippen molar-refractivity contribution < 1.29 is 9.13 Å². The van der Waals surface area contributed by atoms with Gasteiger partial charge in [-0.25, -0.2) is 4.39 Å². The molecule has 0 radical (unpaired) electrons. The predicted octanol–water partition coefficient (Wildman–Crippen LogP) is 3.77. The Balaban J connectivity index is 1.34. The first-order valence-electron chi connectivity index (χ1n) is 10.8. The Labute approximate surface area is 182 Å². The fourth-order valence-electron chi connectivity index (χ4n) is 4.47. The molecule has 5 nitrogen and oxygen atoms in total. The van der Waals surface area contributed by atoms with Crippen LogP contribution in [0.15, 0.2) is 46.8 Å². The highest BCUT2D eigenvalue weighted by Crippen LogP contribution is 2.34. The van der Waals surface area contributed by atoms with Gasteiger partial charge in [-0.1, -0.05) is 12.1 Å². The summed E-state index contributed by atoms with van der Waals surface area (Å²) in [6.45, 7) is 4.34. The SMILES string of the molecule is CN=C(NCC1(c2ccc(F)cc2)CCOCC1)NC1CCN(c2cccs2)CC1. The molecule has 2 aliphatic heterocycles. The number of halogens is 1. The van der Waals surface area contributed by atoms with Gasteiger partial charge in [0.2, 0.25) is 0 Å². The average Bonchev–Trinajstić information content (AvgIpc) is 3.33. The molecule has 2 fully saturated rings. The van der Waals surface area contributed by atoms with Crippen molar-refractivity contribution in [1.29, 1.82) is 0 Å². The molecule has 0 unspecified atom stereocenters. The molecule has 0 spiro atoms. The van der Waals surface area contributed by atoms with E-state index in [9.17, 15) is 4.39 Å². The van der Waals surface area contributed by atoms with Gasteiger partial charge in [-0.05, 0) is 60.9 Å². The maximum absolute atomic E-state index is 13.5. The van der Waals surface area contributed by atoms with Gasteiger partial charge in [-0.3, -0.25) is 4.99 Å². The molecule has 1 aromatic heterocycles. The van der Waals surface area contributed by atoms with Crippen LogP contribution in [0.5, 0.6) is 0 Å². The smallest absolute Gasteiger partial charge is 0.191 e. The van der Waals surface area contributed by atoms with E-state index in [1.165, 1.54) is 10.6 Å². The highest BCUT2D eigenvalue weighted by Gasteiger charge is 2.35. The van der Waals surface area contributed by atoms with Crippen LogP contribution in [0.3, 0.4) is 0 Å². The number of benzene rings is 1. The molecule has 0 saturated carbocycles. The normalized spacial score (nSPS) is 20.2. The summed E-state index contributed by atoms with van der Waals surface area (Å²) in [6, 6.07) is 11.7. The van der Waals surface area contributed by atoms with E-state index in [4.69, 9.17) is 4.74 Å². The summed E-state index contributed by atoms with van der Waals surface area (Å²) in [5.74, 6) is 0.651. The average molecular weight is 431 g/mol. The van der Waals surface area contributed by atoms with Gasteiger partial charge < -0.3 is 20.3 Å². The van der Waals surface area contributed by atoms with Crippen molar-refractivity contribution in [1.82, 2.24) is 10.6 Å². The third kappa shape index (κ3) is 4.95. The van der Waals surface area contributed by atoms with Gasteiger partial charge >= 0.3 is 0 Å². The maximum Gasteiger partial charge on any atom is 0.191 e. The Bertz CT molecular complexity index is 810. The summed E-state index contributed by atoms with van der Waals surface area (Å²) < 4.78 is 19.1. The zero-order valence-electron chi connectivity index (χ0n) is 17.6. The van der Waals surface area contributed by atoms with Crippen molar-refractivity contribution in [3.05, 3.63) is 53.2 Å². The summed E-state index contributed by atoms with van der Waals surface area (Å²) in [6.07, 6.45) is 4.02. The first kappa shape index (κ1) is 21.1. The molecule has 2 aromatic rings. The van der Waals surface area contributed by atoms with E-state index >= 15 is 0 Å². The predicted molar refractivity (Wildman–Crippen MR) is 122 cm³/mol. The molecule has 0 bridgehead atoms. The Kier molecular flexibility index (Phi) is 6.89. The van der Waals surface area contributed by atoms with Crippen LogP contribution in [-0.2, 0) is 10.2 Å². The highest BCUT2D eigenvalue weighted by atomic mass is 32.1. The molecule has 162 valence electrons. The number of aliphatic imine (C=N–C) groups is 1. The Morgan fingerprint density at radius 3 is 2.57 bits per heavy atom. The van der Waals surface area contributed by atoms with Gasteiger partial charge in [0, 0.05) is 51.4 Å². The van der Waals surface area contributed by atoms with Gasteiger partial charge in [0.15, 0.2) is 5.96 Å². The van der Waals surface area contributed by atoms with E-state index in [1.807, 2.05) is 30.5 Å². The number of nitrogens with zero attached hydrogens (tertiary/aromatic N) is 2. The number of anilines is 1. The zero-order valence-corrected chi connectivity index (χ0v) is 18.4. The van der Waals surface area contributed by atoms with Crippen molar-refractivity contribution in [2.75, 3.05) is 44.8 Å². The molecular weight excluding hydrogens is 399 g/mol. The quantitative estimate of drug-likeness (QED) is 0.560. The molecule has 0 aliphatic carbocycles. The minimum Gasteiger partial charge on any atom is -0.381 e. The van der Waals surface area contributed by atoms with Crippen LogP contribution in [0, 0.1) is 5.82 Å². The van der Waals surface area contributed by atoms with Crippen LogP contribution in [0.25, 0.3) is 0 Å². The molecule has 30 heavy (non-hydrogen) atoms. The van der Waals surface area contributed by atoms with Crippen LogP contribution in [0.4, 0.5) is 9.39 Å². The second-order valence-electron chi connectivity index (χ2n) is 8.18. The first-order chi connectivity index (χ1) is 14.7. The minimum absolute atomic E-state index is 0.0634. The highest BCUT2D eigenvalue weighted by molar-refractivity contribution is 7.14. The third-order valence-corrected chi connectivity index (χ3v) is 7.31. The van der Waals surface area contributed by atoms with Gasteiger partial charge in [-0.2, -0.15) is 0 Å². The standard InChI is InChI=1S/C23H31FN4OS/c1-25-22(27-20-8-12-28(13-9-20)21-3-2-16-30-21)26-17-23(10-14-29-15-11-23)18-4-6-19(24)7-5-18/h2-7,16,20H,8-15,17H2,1H3,(H2,25,26,27). The lowest BCUT2D eigenvalue weighted by Crippen LogP contribution is -2.52. The van der Waals surface area contributed by atoms with Gasteiger partial charge in [0.25, 0.3) is 0 Å². The number of nitrogens with one attached hydrogen (secondary N) is 2. The lowest BCUT2D eigenvalue weighted by molar-refractivity contribution is 0.0513. The lowest BCUT2D eigenvalue weighted by Gasteiger charge is -2.39. The van der Waals surface area contributed by atoms with Crippen LogP contribution < -0.4 is 15.5 Å². The number of guanidine groups is 1. The van der Waals surface area contributed by atoms with E-state index in [1.54, 1.807) is 12.1 Å². The monoisotopic (exact) mass is 430 g/mol. The van der Waals surface area contributed by atoms with Crippen LogP contribution in [0.1, 0.15) is 31.2 Å². The van der Waals surface area contributed by atoms with E-state index < -0.39 is 0 Å². The van der Waals surface area contributed by atoms with E-state index in [0.29, 0.717) is 6.04 Å². The topological polar surface area (TPSA) is 48.9 Å². The Morgan fingerprint density at radius 1 is 1.20 bits per heavy atom. The Morgan fingerprint density at radius 2 is 1.93 bits per heavy atom. The van der Waals surface area contributed by atoms with Crippen molar-refractivity contribution in [2.45, 2.75) is 37.1 Å². The van der Waals surface area contributed by atoms with Gasteiger partial charge in [0.05, 0.1) is 5.00 Å². The fraction of sp³-hybridized carbons (Fsp3) is 0.522. The van der Waals surface area contributed by atoms with E-state index in [-0.39, 0.29) is 11.2 Å². The molecular formula is C23H31FN4OS. The number of ether oxygens (including phenoxy) is 1. The molecule has 4 rings (SSSR count). The largest absolute Gasteiger partial charge is 0.381 e. The molecule has 7 heteroatoms. The van der Waals surface area contributed by atoms with E-state index in [2.05, 4.69) is 38.0 Å².